The van der Waals surface area contributed by atoms with Crippen LogP contribution in [0.4, 0.5) is 8.78 Å². The Labute approximate surface area is 191 Å². The summed E-state index contributed by atoms with van der Waals surface area (Å²) in [6.45, 7) is 0.637. The molecule has 0 saturated heterocycles. The van der Waals surface area contributed by atoms with E-state index in [2.05, 4.69) is 6.42 Å². The van der Waals surface area contributed by atoms with Crippen molar-refractivity contribution in [1.29, 1.82) is 0 Å². The second-order valence-corrected chi connectivity index (χ2v) is 9.94. The molecule has 7 heteroatoms. The molecule has 1 nitrogen and oxygen atoms in total. The summed E-state index contributed by atoms with van der Waals surface area (Å²) >= 11 is 15.0. The molecule has 1 aromatic heterocycles. The third kappa shape index (κ3) is 3.62. The molecular weight excluding hydrogens is 463 g/mol. The summed E-state index contributed by atoms with van der Waals surface area (Å²) in [5, 5.41) is 2.02. The molecular formula is C23H14Cl2F2NS2. The van der Waals surface area contributed by atoms with Gasteiger partial charge in [0, 0.05) is 53.7 Å². The fourth-order valence-electron chi connectivity index (χ4n) is 3.63. The van der Waals surface area contributed by atoms with E-state index in [1.807, 2.05) is 41.0 Å². The highest BCUT2D eigenvalue weighted by molar-refractivity contribution is 8.00. The number of fused-ring (bicyclic) bond motifs is 3. The van der Waals surface area contributed by atoms with Crippen LogP contribution in [0.25, 0.3) is 10.9 Å². The minimum Gasteiger partial charge on any atom is -0.341 e. The Kier molecular flexibility index (Phi) is 5.48. The minimum absolute atomic E-state index is 0.326. The van der Waals surface area contributed by atoms with Crippen LogP contribution in [0.15, 0.2) is 74.2 Å². The van der Waals surface area contributed by atoms with Gasteiger partial charge in [0.2, 0.25) is 0 Å². The number of benzene rings is 3. The first-order valence-corrected chi connectivity index (χ1v) is 11.6. The zero-order chi connectivity index (χ0) is 20.8. The third-order valence-electron chi connectivity index (χ3n) is 4.94. The zero-order valence-electron chi connectivity index (χ0n) is 15.5. The lowest BCUT2D eigenvalue weighted by Gasteiger charge is -2.10. The van der Waals surface area contributed by atoms with E-state index in [4.69, 9.17) is 23.2 Å². The SMILES string of the molecule is Fc1cc(Sc2ccc(Cl)cc2)c2c(Sc3ccc(Cl)cc3)c3n(c2c1F)CC[CH]3. The van der Waals surface area contributed by atoms with E-state index in [0.717, 1.165) is 32.2 Å². The number of halogens is 4. The summed E-state index contributed by atoms with van der Waals surface area (Å²) in [5.41, 5.74) is 1.26. The molecule has 3 aromatic carbocycles. The van der Waals surface area contributed by atoms with Crippen molar-refractivity contribution in [3.05, 3.63) is 88.4 Å². The molecule has 0 aliphatic carbocycles. The van der Waals surface area contributed by atoms with Gasteiger partial charge in [-0.25, -0.2) is 8.78 Å². The molecule has 1 aliphatic heterocycles. The van der Waals surface area contributed by atoms with Gasteiger partial charge < -0.3 is 4.57 Å². The third-order valence-corrected chi connectivity index (χ3v) is 7.62. The van der Waals surface area contributed by atoms with Gasteiger partial charge in [0.25, 0.3) is 0 Å². The summed E-state index contributed by atoms with van der Waals surface area (Å²) in [4.78, 5) is 3.50. The predicted octanol–water partition coefficient (Wildman–Crippen LogP) is 8.48. The van der Waals surface area contributed by atoms with Gasteiger partial charge in [0.15, 0.2) is 11.6 Å². The summed E-state index contributed by atoms with van der Waals surface area (Å²) in [5.74, 6) is -1.64. The Bertz CT molecular complexity index is 1250. The van der Waals surface area contributed by atoms with Crippen LogP contribution in [-0.4, -0.2) is 4.57 Å². The van der Waals surface area contributed by atoms with Crippen LogP contribution in [0.3, 0.4) is 0 Å². The Morgan fingerprint density at radius 2 is 1.43 bits per heavy atom. The highest BCUT2D eigenvalue weighted by Crippen LogP contribution is 2.48. The molecule has 0 fully saturated rings. The van der Waals surface area contributed by atoms with Crippen LogP contribution < -0.4 is 0 Å². The first kappa shape index (κ1) is 20.3. The molecule has 5 rings (SSSR count). The van der Waals surface area contributed by atoms with Crippen molar-refractivity contribution in [3.8, 4) is 0 Å². The standard InChI is InChI=1S/C23H14Cl2F2NS2/c24-13-3-7-15(8-4-13)29-19-12-17(26)21(27)22-20(19)23(18-2-1-11-28(18)22)30-16-9-5-14(25)6-10-16/h2-10,12H,1,11H2. The summed E-state index contributed by atoms with van der Waals surface area (Å²) < 4.78 is 31.4. The lowest BCUT2D eigenvalue weighted by Crippen LogP contribution is -1.96. The second kappa shape index (κ2) is 8.12. The largest absolute Gasteiger partial charge is 0.341 e. The first-order chi connectivity index (χ1) is 14.5. The lowest BCUT2D eigenvalue weighted by atomic mass is 10.2. The molecule has 151 valence electrons. The monoisotopic (exact) mass is 476 g/mol. The van der Waals surface area contributed by atoms with E-state index in [1.54, 1.807) is 23.9 Å². The van der Waals surface area contributed by atoms with Gasteiger partial charge in [-0.3, -0.25) is 0 Å². The number of hydrogen-bond acceptors (Lipinski definition) is 2. The Morgan fingerprint density at radius 1 is 0.833 bits per heavy atom. The second-order valence-electron chi connectivity index (χ2n) is 6.86. The van der Waals surface area contributed by atoms with Gasteiger partial charge in [-0.1, -0.05) is 46.7 Å². The van der Waals surface area contributed by atoms with Gasteiger partial charge in [-0.2, -0.15) is 0 Å². The average molecular weight is 477 g/mol. The maximum absolute atomic E-state index is 15.0. The summed E-state index contributed by atoms with van der Waals surface area (Å²) in [6, 6.07) is 16.2. The van der Waals surface area contributed by atoms with Gasteiger partial charge in [-0.05, 0) is 61.0 Å². The predicted molar refractivity (Wildman–Crippen MR) is 121 cm³/mol. The van der Waals surface area contributed by atoms with E-state index in [-0.39, 0.29) is 0 Å². The maximum Gasteiger partial charge on any atom is 0.183 e. The highest BCUT2D eigenvalue weighted by atomic mass is 35.5. The Balaban J connectivity index is 1.70. The minimum atomic E-state index is -0.839. The molecule has 0 amide bonds. The molecule has 0 saturated carbocycles. The fourth-order valence-corrected chi connectivity index (χ4v) is 6.05. The number of hydrogen-bond donors (Lipinski definition) is 0. The van der Waals surface area contributed by atoms with Gasteiger partial charge in [0.1, 0.15) is 0 Å². The maximum atomic E-state index is 15.0. The topological polar surface area (TPSA) is 4.93 Å². The van der Waals surface area contributed by atoms with Crippen molar-refractivity contribution in [2.24, 2.45) is 0 Å². The van der Waals surface area contributed by atoms with Crippen molar-refractivity contribution >= 4 is 57.6 Å². The van der Waals surface area contributed by atoms with Gasteiger partial charge >= 0.3 is 0 Å². The summed E-state index contributed by atoms with van der Waals surface area (Å²) in [7, 11) is 0. The van der Waals surface area contributed by atoms with Crippen LogP contribution in [0.5, 0.6) is 0 Å². The Morgan fingerprint density at radius 3 is 2.07 bits per heavy atom. The molecule has 1 radical (unpaired) electrons. The molecule has 1 aliphatic rings. The van der Waals surface area contributed by atoms with Crippen molar-refractivity contribution in [1.82, 2.24) is 4.57 Å². The molecule has 0 unspecified atom stereocenters. The van der Waals surface area contributed by atoms with Crippen LogP contribution in [-0.2, 0) is 6.54 Å². The number of rotatable bonds is 4. The van der Waals surface area contributed by atoms with Gasteiger partial charge in [0.05, 0.1) is 5.52 Å². The van der Waals surface area contributed by atoms with Crippen molar-refractivity contribution < 1.29 is 8.78 Å². The highest BCUT2D eigenvalue weighted by Gasteiger charge is 2.28. The molecule has 0 spiro atoms. The van der Waals surface area contributed by atoms with Gasteiger partial charge in [-0.15, -0.1) is 0 Å². The first-order valence-electron chi connectivity index (χ1n) is 9.25. The number of aryl methyl sites for hydroxylation is 1. The van der Waals surface area contributed by atoms with Crippen molar-refractivity contribution in [2.75, 3.05) is 0 Å². The summed E-state index contributed by atoms with van der Waals surface area (Å²) in [6.07, 6.45) is 2.89. The molecule has 0 atom stereocenters. The van der Waals surface area contributed by atoms with Crippen molar-refractivity contribution in [2.45, 2.75) is 32.5 Å². The van der Waals surface area contributed by atoms with Crippen LogP contribution in [0.1, 0.15) is 12.1 Å². The quantitative estimate of drug-likeness (QED) is 0.290. The molecule has 2 heterocycles. The smallest absolute Gasteiger partial charge is 0.183 e. The Hall–Kier alpha value is -1.66. The van der Waals surface area contributed by atoms with E-state index >= 15 is 0 Å². The molecule has 0 N–H and O–H groups in total. The van der Waals surface area contributed by atoms with Crippen LogP contribution in [0, 0.1) is 18.1 Å². The normalized spacial score (nSPS) is 13.2. The number of aromatic nitrogens is 1. The molecule has 4 aromatic rings. The fraction of sp³-hybridized carbons (Fsp3) is 0.0870. The van der Waals surface area contributed by atoms with Crippen molar-refractivity contribution in [3.63, 3.8) is 0 Å². The molecule has 0 bridgehead atoms. The zero-order valence-corrected chi connectivity index (χ0v) is 18.6. The average Bonchev–Trinajstić information content (AvgIpc) is 3.31. The van der Waals surface area contributed by atoms with Crippen LogP contribution in [0.2, 0.25) is 10.0 Å². The molecule has 30 heavy (non-hydrogen) atoms. The van der Waals surface area contributed by atoms with Crippen LogP contribution >= 0.6 is 46.7 Å². The van der Waals surface area contributed by atoms with E-state index in [1.165, 1.54) is 17.8 Å². The lowest BCUT2D eigenvalue weighted by molar-refractivity contribution is 0.510. The van der Waals surface area contributed by atoms with E-state index < -0.39 is 11.6 Å². The number of nitrogens with zero attached hydrogens (tertiary/aromatic N) is 1. The van der Waals surface area contributed by atoms with E-state index in [0.29, 0.717) is 27.0 Å². The van der Waals surface area contributed by atoms with E-state index in [9.17, 15) is 8.78 Å².